The van der Waals surface area contributed by atoms with E-state index in [4.69, 9.17) is 14.2 Å². The van der Waals surface area contributed by atoms with E-state index in [9.17, 15) is 14.4 Å². The number of ether oxygens (including phenoxy) is 3. The fourth-order valence-corrected chi connectivity index (χ4v) is 2.03. The molecule has 6 heteroatoms. The average molecular weight is 380 g/mol. The largest absolute Gasteiger partial charge is 0.423 e. The van der Waals surface area contributed by atoms with Gasteiger partial charge in [-0.15, -0.1) is 0 Å². The van der Waals surface area contributed by atoms with Gasteiger partial charge in [0.1, 0.15) is 5.75 Å². The lowest BCUT2D eigenvalue weighted by Gasteiger charge is -2.13. The van der Waals surface area contributed by atoms with E-state index in [2.05, 4.69) is 19.7 Å². The Morgan fingerprint density at radius 2 is 1.07 bits per heavy atom. The van der Waals surface area contributed by atoms with E-state index in [1.165, 1.54) is 19.9 Å². The number of rotatable bonds is 6. The summed E-state index contributed by atoms with van der Waals surface area (Å²) in [4.78, 5) is 35.6. The van der Waals surface area contributed by atoms with Gasteiger partial charge in [0.05, 0.1) is 0 Å². The quantitative estimate of drug-likeness (QED) is 0.423. The van der Waals surface area contributed by atoms with Crippen LogP contribution in [0.4, 0.5) is 0 Å². The molecule has 0 bridgehead atoms. The van der Waals surface area contributed by atoms with E-state index in [1.54, 1.807) is 31.2 Å². The van der Waals surface area contributed by atoms with Crippen LogP contribution in [0.5, 0.6) is 17.2 Å². The number of carbonyl (C=O) groups excluding carboxylic acids is 3. The van der Waals surface area contributed by atoms with Crippen molar-refractivity contribution in [2.75, 3.05) is 0 Å². The van der Waals surface area contributed by atoms with Gasteiger partial charge in [-0.25, -0.2) is 14.4 Å². The molecule has 0 fully saturated rings. The predicted molar refractivity (Wildman–Crippen MR) is 105 cm³/mol. The second-order valence-corrected chi connectivity index (χ2v) is 6.32. The van der Waals surface area contributed by atoms with Crippen molar-refractivity contribution in [3.05, 3.63) is 66.8 Å². The number of hydrogen-bond acceptors (Lipinski definition) is 6. The molecular formula is C22H20O6. The molecule has 2 aromatic rings. The number of esters is 3. The maximum atomic E-state index is 11.9. The van der Waals surface area contributed by atoms with Gasteiger partial charge in [0.25, 0.3) is 0 Å². The summed E-state index contributed by atoms with van der Waals surface area (Å²) in [6.07, 6.45) is 0. The highest BCUT2D eigenvalue weighted by molar-refractivity contribution is 5.95. The minimum Gasteiger partial charge on any atom is -0.423 e. The van der Waals surface area contributed by atoms with Crippen molar-refractivity contribution in [3.63, 3.8) is 0 Å². The van der Waals surface area contributed by atoms with E-state index in [1.807, 2.05) is 0 Å². The first-order valence-electron chi connectivity index (χ1n) is 8.29. The fourth-order valence-electron chi connectivity index (χ4n) is 2.03. The summed E-state index contributed by atoms with van der Waals surface area (Å²) >= 11 is 0. The minimum absolute atomic E-state index is 0.0264. The molecule has 0 aliphatic rings. The Hall–Kier alpha value is -3.67. The molecule has 0 heterocycles. The molecule has 2 aromatic carbocycles. The number of hydrogen-bond donors (Lipinski definition) is 0. The van der Waals surface area contributed by atoms with E-state index in [0.717, 1.165) is 0 Å². The molecule has 0 amide bonds. The van der Waals surface area contributed by atoms with Crippen molar-refractivity contribution in [1.29, 1.82) is 0 Å². The van der Waals surface area contributed by atoms with Crippen molar-refractivity contribution >= 4 is 28.7 Å². The highest BCUT2D eigenvalue weighted by atomic mass is 16.6. The third-order valence-corrected chi connectivity index (χ3v) is 3.54. The van der Waals surface area contributed by atoms with E-state index >= 15 is 0 Å². The first kappa shape index (κ1) is 20.6. The molecule has 0 saturated heterocycles. The molecule has 0 unspecified atom stereocenters. The summed E-state index contributed by atoms with van der Waals surface area (Å²) in [6, 6.07) is 7.92. The summed E-state index contributed by atoms with van der Waals surface area (Å²) in [6.45, 7) is 15.1. The maximum Gasteiger partial charge on any atom is 0.338 e. The Balaban J connectivity index is 2.51. The van der Waals surface area contributed by atoms with Crippen molar-refractivity contribution < 1.29 is 28.6 Å². The van der Waals surface area contributed by atoms with Crippen molar-refractivity contribution in [2.45, 2.75) is 20.8 Å². The van der Waals surface area contributed by atoms with Gasteiger partial charge in [-0.3, -0.25) is 0 Å². The Kier molecular flexibility index (Phi) is 6.15. The Morgan fingerprint density at radius 3 is 1.54 bits per heavy atom. The average Bonchev–Trinajstić information content (AvgIpc) is 2.61. The van der Waals surface area contributed by atoms with Crippen LogP contribution < -0.4 is 14.2 Å². The molecule has 0 N–H and O–H groups in total. The topological polar surface area (TPSA) is 78.9 Å². The third-order valence-electron chi connectivity index (χ3n) is 3.54. The molecule has 28 heavy (non-hydrogen) atoms. The van der Waals surface area contributed by atoms with Crippen LogP contribution in [0, 0.1) is 0 Å². The SMILES string of the molecule is C=C(C)C(=O)Oc1ccc2cc(OC(=O)C(=C)C)c(OC(=O)C(=C)C)cc2c1. The van der Waals surface area contributed by atoms with E-state index in [-0.39, 0.29) is 28.2 Å². The van der Waals surface area contributed by atoms with Gasteiger partial charge < -0.3 is 14.2 Å². The van der Waals surface area contributed by atoms with Gasteiger partial charge in [0.2, 0.25) is 0 Å². The highest BCUT2D eigenvalue weighted by Crippen LogP contribution is 2.35. The molecule has 2 rings (SSSR count). The van der Waals surface area contributed by atoms with E-state index < -0.39 is 17.9 Å². The maximum absolute atomic E-state index is 11.9. The molecule has 6 nitrogen and oxygen atoms in total. The Labute approximate surface area is 162 Å². The zero-order chi connectivity index (χ0) is 21.0. The van der Waals surface area contributed by atoms with Gasteiger partial charge in [-0.2, -0.15) is 0 Å². The second-order valence-electron chi connectivity index (χ2n) is 6.32. The zero-order valence-electron chi connectivity index (χ0n) is 16.0. The Morgan fingerprint density at radius 1 is 0.643 bits per heavy atom. The van der Waals surface area contributed by atoms with Gasteiger partial charge >= 0.3 is 17.9 Å². The predicted octanol–water partition coefficient (Wildman–Crippen LogP) is 4.28. The lowest BCUT2D eigenvalue weighted by molar-refractivity contribution is -0.132. The van der Waals surface area contributed by atoms with Crippen molar-refractivity contribution in [2.24, 2.45) is 0 Å². The van der Waals surface area contributed by atoms with Gasteiger partial charge in [0.15, 0.2) is 11.5 Å². The number of fused-ring (bicyclic) bond motifs is 1. The van der Waals surface area contributed by atoms with Crippen LogP contribution in [0.1, 0.15) is 20.8 Å². The molecule has 0 spiro atoms. The number of benzene rings is 2. The van der Waals surface area contributed by atoms with E-state index in [0.29, 0.717) is 16.5 Å². The summed E-state index contributed by atoms with van der Waals surface area (Å²) in [5.74, 6) is -1.50. The van der Waals surface area contributed by atoms with Crippen LogP contribution in [-0.2, 0) is 14.4 Å². The summed E-state index contributed by atoms with van der Waals surface area (Å²) in [5.41, 5.74) is 0.638. The molecule has 0 aliphatic carbocycles. The van der Waals surface area contributed by atoms with Crippen LogP contribution in [0.25, 0.3) is 10.8 Å². The molecule has 0 saturated carbocycles. The van der Waals surface area contributed by atoms with Gasteiger partial charge in [-0.1, -0.05) is 25.8 Å². The van der Waals surface area contributed by atoms with Crippen molar-refractivity contribution in [1.82, 2.24) is 0 Å². The summed E-state index contributed by atoms with van der Waals surface area (Å²) < 4.78 is 15.8. The molecule has 0 aliphatic heterocycles. The smallest absolute Gasteiger partial charge is 0.338 e. The lowest BCUT2D eigenvalue weighted by atomic mass is 10.1. The highest BCUT2D eigenvalue weighted by Gasteiger charge is 2.17. The Bertz CT molecular complexity index is 1030. The standard InChI is InChI=1S/C22H20O6/c1-12(2)20(23)26-17-8-7-15-10-18(27-21(24)13(3)4)19(11-16(15)9-17)28-22(25)14(5)6/h7-11H,1,3,5H2,2,4,6H3. The molecule has 0 atom stereocenters. The monoisotopic (exact) mass is 380 g/mol. The summed E-state index contributed by atoms with van der Waals surface area (Å²) in [7, 11) is 0. The molecule has 144 valence electrons. The fraction of sp³-hybridized carbons (Fsp3) is 0.136. The second kappa shape index (κ2) is 8.35. The van der Waals surface area contributed by atoms with Crippen LogP contribution in [0.15, 0.2) is 66.8 Å². The van der Waals surface area contributed by atoms with Gasteiger partial charge in [0, 0.05) is 16.7 Å². The molecular weight excluding hydrogens is 360 g/mol. The van der Waals surface area contributed by atoms with Gasteiger partial charge in [-0.05, 0) is 55.8 Å². The normalized spacial score (nSPS) is 10.1. The van der Waals surface area contributed by atoms with Crippen LogP contribution in [0.3, 0.4) is 0 Å². The third kappa shape index (κ3) is 4.94. The molecule has 0 aromatic heterocycles. The number of carbonyl (C=O) groups is 3. The van der Waals surface area contributed by atoms with Crippen LogP contribution in [-0.4, -0.2) is 17.9 Å². The van der Waals surface area contributed by atoms with Crippen LogP contribution >= 0.6 is 0 Å². The first-order chi connectivity index (χ1) is 13.1. The van der Waals surface area contributed by atoms with Crippen LogP contribution in [0.2, 0.25) is 0 Å². The molecule has 0 radical (unpaired) electrons. The minimum atomic E-state index is -0.670. The first-order valence-corrected chi connectivity index (χ1v) is 8.29. The van der Waals surface area contributed by atoms with Crippen molar-refractivity contribution in [3.8, 4) is 17.2 Å². The lowest BCUT2D eigenvalue weighted by Crippen LogP contribution is -2.13. The zero-order valence-corrected chi connectivity index (χ0v) is 16.0. The summed E-state index contributed by atoms with van der Waals surface area (Å²) in [5, 5.41) is 1.28.